The van der Waals surface area contributed by atoms with Gasteiger partial charge >= 0.3 is 5.97 Å². The second-order valence-electron chi connectivity index (χ2n) is 6.68. The highest BCUT2D eigenvalue weighted by molar-refractivity contribution is 5.87. The summed E-state index contributed by atoms with van der Waals surface area (Å²) in [5.74, 6) is -0.637. The van der Waals surface area contributed by atoms with Crippen LogP contribution in [0.3, 0.4) is 0 Å². The molecule has 1 heterocycles. The number of rotatable bonds is 2. The van der Waals surface area contributed by atoms with Crippen LogP contribution >= 0.6 is 0 Å². The van der Waals surface area contributed by atoms with E-state index in [2.05, 4.69) is 0 Å². The van der Waals surface area contributed by atoms with Gasteiger partial charge < -0.3 is 15.7 Å². The zero-order valence-electron chi connectivity index (χ0n) is 12.3. The van der Waals surface area contributed by atoms with Crippen molar-refractivity contribution in [2.45, 2.75) is 63.1 Å². The van der Waals surface area contributed by atoms with E-state index >= 15 is 0 Å². The third-order valence-electron chi connectivity index (χ3n) is 5.35. The fourth-order valence-electron chi connectivity index (χ4n) is 4.29. The third-order valence-corrected chi connectivity index (χ3v) is 5.35. The highest BCUT2D eigenvalue weighted by atomic mass is 16.4. The SMILES string of the molecule is NC1C=CC(C(=O)N2C(C(=O)O)CCC3CCCCC32)C1. The largest absolute Gasteiger partial charge is 0.480 e. The summed E-state index contributed by atoms with van der Waals surface area (Å²) in [6.07, 6.45) is 10.2. The van der Waals surface area contributed by atoms with Crippen molar-refractivity contribution >= 4 is 11.9 Å². The molecule has 0 aromatic heterocycles. The van der Waals surface area contributed by atoms with Crippen LogP contribution in [-0.4, -0.2) is 40.0 Å². The predicted octanol–water partition coefficient (Wildman–Crippen LogP) is 1.52. The summed E-state index contributed by atoms with van der Waals surface area (Å²) in [4.78, 5) is 26.2. The Kier molecular flexibility index (Phi) is 4.02. The van der Waals surface area contributed by atoms with Gasteiger partial charge in [-0.1, -0.05) is 25.0 Å². The number of aliphatic carboxylic acids is 1. The van der Waals surface area contributed by atoms with Gasteiger partial charge in [0.15, 0.2) is 0 Å². The number of nitrogens with zero attached hydrogens (tertiary/aromatic N) is 1. The van der Waals surface area contributed by atoms with Crippen LogP contribution < -0.4 is 5.73 Å². The van der Waals surface area contributed by atoms with Crippen molar-refractivity contribution in [1.82, 2.24) is 4.90 Å². The Morgan fingerprint density at radius 1 is 1.10 bits per heavy atom. The van der Waals surface area contributed by atoms with Crippen molar-refractivity contribution < 1.29 is 14.7 Å². The summed E-state index contributed by atoms with van der Waals surface area (Å²) in [5.41, 5.74) is 5.84. The molecular formula is C16H24N2O3. The Balaban J connectivity index is 1.83. The summed E-state index contributed by atoms with van der Waals surface area (Å²) < 4.78 is 0. The van der Waals surface area contributed by atoms with Crippen molar-refractivity contribution in [3.05, 3.63) is 12.2 Å². The van der Waals surface area contributed by atoms with Crippen LogP contribution in [0.1, 0.15) is 44.9 Å². The molecule has 1 saturated heterocycles. The molecule has 0 spiro atoms. The zero-order chi connectivity index (χ0) is 15.0. The maximum Gasteiger partial charge on any atom is 0.326 e. The number of carbonyl (C=O) groups excluding carboxylic acids is 1. The summed E-state index contributed by atoms with van der Waals surface area (Å²) in [6.45, 7) is 0. The highest BCUT2D eigenvalue weighted by Crippen LogP contribution is 2.39. The molecule has 5 nitrogen and oxygen atoms in total. The Hall–Kier alpha value is -1.36. The van der Waals surface area contributed by atoms with Gasteiger partial charge in [-0.15, -0.1) is 0 Å². The molecule has 0 aromatic carbocycles. The first-order valence-corrected chi connectivity index (χ1v) is 8.07. The number of hydrogen-bond acceptors (Lipinski definition) is 3. The number of amides is 1. The zero-order valence-corrected chi connectivity index (χ0v) is 12.3. The van der Waals surface area contributed by atoms with Gasteiger partial charge in [0.1, 0.15) is 6.04 Å². The summed E-state index contributed by atoms with van der Waals surface area (Å²) in [7, 11) is 0. The minimum atomic E-state index is -0.862. The summed E-state index contributed by atoms with van der Waals surface area (Å²) in [6, 6.07) is -0.609. The van der Waals surface area contributed by atoms with Crippen LogP contribution in [0.25, 0.3) is 0 Å². The van der Waals surface area contributed by atoms with Crippen LogP contribution in [0.4, 0.5) is 0 Å². The molecule has 2 aliphatic carbocycles. The fourth-order valence-corrected chi connectivity index (χ4v) is 4.29. The van der Waals surface area contributed by atoms with Gasteiger partial charge in [0.2, 0.25) is 5.91 Å². The average molecular weight is 292 g/mol. The highest BCUT2D eigenvalue weighted by Gasteiger charge is 2.45. The molecule has 116 valence electrons. The molecule has 5 heteroatoms. The molecule has 3 aliphatic rings. The first-order chi connectivity index (χ1) is 10.1. The van der Waals surface area contributed by atoms with E-state index in [1.165, 1.54) is 6.42 Å². The number of piperidine rings is 1. The maximum atomic E-state index is 12.9. The second-order valence-corrected chi connectivity index (χ2v) is 6.68. The van der Waals surface area contributed by atoms with E-state index in [9.17, 15) is 14.7 Å². The van der Waals surface area contributed by atoms with Gasteiger partial charge in [-0.3, -0.25) is 4.79 Å². The van der Waals surface area contributed by atoms with E-state index in [1.54, 1.807) is 4.90 Å². The van der Waals surface area contributed by atoms with E-state index in [1.807, 2.05) is 12.2 Å². The maximum absolute atomic E-state index is 12.9. The van der Waals surface area contributed by atoms with Crippen molar-refractivity contribution in [3.8, 4) is 0 Å². The molecule has 21 heavy (non-hydrogen) atoms. The van der Waals surface area contributed by atoms with E-state index in [4.69, 9.17) is 5.73 Å². The molecule has 0 aromatic rings. The van der Waals surface area contributed by atoms with Crippen molar-refractivity contribution in [1.29, 1.82) is 0 Å². The molecule has 1 aliphatic heterocycles. The lowest BCUT2D eigenvalue weighted by atomic mass is 9.75. The first kappa shape index (κ1) is 14.6. The van der Waals surface area contributed by atoms with Crippen molar-refractivity contribution in [2.24, 2.45) is 17.6 Å². The van der Waals surface area contributed by atoms with Crippen molar-refractivity contribution in [2.75, 3.05) is 0 Å². The second kappa shape index (κ2) is 5.79. The van der Waals surface area contributed by atoms with Crippen LogP contribution in [0.15, 0.2) is 12.2 Å². The van der Waals surface area contributed by atoms with Gasteiger partial charge in [0.25, 0.3) is 0 Å². The minimum Gasteiger partial charge on any atom is -0.480 e. The van der Waals surface area contributed by atoms with E-state index in [0.29, 0.717) is 18.8 Å². The Morgan fingerprint density at radius 2 is 1.86 bits per heavy atom. The molecule has 2 fully saturated rings. The Labute approximate surface area is 125 Å². The van der Waals surface area contributed by atoms with Gasteiger partial charge in [-0.2, -0.15) is 0 Å². The van der Waals surface area contributed by atoms with Crippen LogP contribution in [0.2, 0.25) is 0 Å². The van der Waals surface area contributed by atoms with Crippen LogP contribution in [0.5, 0.6) is 0 Å². The number of carboxylic acid groups (broad SMARTS) is 1. The third kappa shape index (κ3) is 2.71. The number of likely N-dealkylation sites (tertiary alicyclic amines) is 1. The molecule has 5 atom stereocenters. The lowest BCUT2D eigenvalue weighted by Crippen LogP contribution is -2.58. The molecule has 3 rings (SSSR count). The lowest BCUT2D eigenvalue weighted by Gasteiger charge is -2.47. The van der Waals surface area contributed by atoms with Crippen LogP contribution in [0, 0.1) is 11.8 Å². The molecule has 0 radical (unpaired) electrons. The topological polar surface area (TPSA) is 83.6 Å². The average Bonchev–Trinajstić information content (AvgIpc) is 2.91. The molecular weight excluding hydrogens is 268 g/mol. The number of hydrogen-bond donors (Lipinski definition) is 2. The minimum absolute atomic E-state index is 0.0248. The molecule has 1 amide bonds. The van der Waals surface area contributed by atoms with Gasteiger partial charge in [-0.25, -0.2) is 4.79 Å². The van der Waals surface area contributed by atoms with Gasteiger partial charge in [0, 0.05) is 12.1 Å². The first-order valence-electron chi connectivity index (χ1n) is 8.07. The Morgan fingerprint density at radius 3 is 2.52 bits per heavy atom. The normalized spacial score (nSPS) is 39.1. The smallest absolute Gasteiger partial charge is 0.326 e. The number of carbonyl (C=O) groups is 2. The number of nitrogens with two attached hydrogens (primary N) is 1. The summed E-state index contributed by atoms with van der Waals surface area (Å²) in [5, 5.41) is 9.51. The Bertz CT molecular complexity index is 462. The standard InChI is InChI=1S/C16H24N2O3/c17-12-7-5-11(9-12)15(19)18-13-4-2-1-3-10(13)6-8-14(18)16(20)21/h5,7,10-14H,1-4,6,8-9,17H2,(H,20,21). The molecule has 5 unspecified atom stereocenters. The van der Waals surface area contributed by atoms with Crippen LogP contribution in [-0.2, 0) is 9.59 Å². The van der Waals surface area contributed by atoms with E-state index in [0.717, 1.165) is 25.7 Å². The predicted molar refractivity (Wildman–Crippen MR) is 78.5 cm³/mol. The monoisotopic (exact) mass is 292 g/mol. The lowest BCUT2D eigenvalue weighted by molar-refractivity contribution is -0.159. The van der Waals surface area contributed by atoms with Gasteiger partial charge in [-0.05, 0) is 38.0 Å². The quantitative estimate of drug-likeness (QED) is 0.756. The summed E-state index contributed by atoms with van der Waals surface area (Å²) >= 11 is 0. The number of fused-ring (bicyclic) bond motifs is 1. The van der Waals surface area contributed by atoms with E-state index in [-0.39, 0.29) is 23.9 Å². The van der Waals surface area contributed by atoms with Crippen molar-refractivity contribution in [3.63, 3.8) is 0 Å². The van der Waals surface area contributed by atoms with E-state index < -0.39 is 12.0 Å². The molecule has 3 N–H and O–H groups in total. The molecule has 1 saturated carbocycles. The number of carboxylic acids is 1. The van der Waals surface area contributed by atoms with Gasteiger partial charge in [0.05, 0.1) is 5.92 Å². The fraction of sp³-hybridized carbons (Fsp3) is 0.750. The molecule has 0 bridgehead atoms.